The molecule has 0 aliphatic heterocycles. The number of benzene rings is 1. The fourth-order valence-electron chi connectivity index (χ4n) is 1.34. The summed E-state index contributed by atoms with van der Waals surface area (Å²) in [5.74, 6) is 0.511. The van der Waals surface area contributed by atoms with Gasteiger partial charge in [0, 0.05) is 10.9 Å². The summed E-state index contributed by atoms with van der Waals surface area (Å²) in [6, 6.07) is 3.26. The van der Waals surface area contributed by atoms with Gasteiger partial charge < -0.3 is 9.15 Å². The lowest BCUT2D eigenvalue weighted by atomic mass is 10.1. The van der Waals surface area contributed by atoms with Gasteiger partial charge in [0.05, 0.1) is 18.4 Å². The predicted octanol–water partition coefficient (Wildman–Crippen LogP) is 2.91. The van der Waals surface area contributed by atoms with Gasteiger partial charge in [-0.1, -0.05) is 11.6 Å². The standard InChI is InChI=1S/C10H7ClO3/c1-13-8-4-6(5-12)9(11)7-2-3-14-10(7)8/h2-5H,1H3. The van der Waals surface area contributed by atoms with E-state index in [1.54, 1.807) is 12.1 Å². The second kappa shape index (κ2) is 3.35. The number of fused-ring (bicyclic) bond motifs is 1. The van der Waals surface area contributed by atoms with Crippen molar-refractivity contribution in [3.63, 3.8) is 0 Å². The van der Waals surface area contributed by atoms with E-state index in [-0.39, 0.29) is 0 Å². The molecule has 0 aliphatic carbocycles. The van der Waals surface area contributed by atoms with Gasteiger partial charge in [0.15, 0.2) is 17.6 Å². The van der Waals surface area contributed by atoms with Crippen molar-refractivity contribution in [3.05, 3.63) is 29.0 Å². The Kier molecular flexibility index (Phi) is 2.17. The lowest BCUT2D eigenvalue weighted by Gasteiger charge is -2.03. The van der Waals surface area contributed by atoms with Gasteiger partial charge in [0.1, 0.15) is 0 Å². The van der Waals surface area contributed by atoms with Crippen LogP contribution >= 0.6 is 11.6 Å². The number of halogens is 1. The molecule has 1 heterocycles. The minimum atomic E-state index is 0.393. The minimum Gasteiger partial charge on any atom is -0.493 e. The van der Waals surface area contributed by atoms with Crippen LogP contribution < -0.4 is 4.74 Å². The van der Waals surface area contributed by atoms with Crippen LogP contribution in [0.5, 0.6) is 5.75 Å². The molecule has 0 fully saturated rings. The van der Waals surface area contributed by atoms with Crippen LogP contribution in [-0.2, 0) is 0 Å². The maximum atomic E-state index is 10.7. The van der Waals surface area contributed by atoms with Crippen molar-refractivity contribution in [2.45, 2.75) is 0 Å². The van der Waals surface area contributed by atoms with Crippen LogP contribution in [0.3, 0.4) is 0 Å². The summed E-state index contributed by atoms with van der Waals surface area (Å²) in [5, 5.41) is 1.08. The number of ether oxygens (including phenoxy) is 1. The zero-order chi connectivity index (χ0) is 10.1. The van der Waals surface area contributed by atoms with Crippen molar-refractivity contribution in [3.8, 4) is 5.75 Å². The minimum absolute atomic E-state index is 0.393. The van der Waals surface area contributed by atoms with E-state index in [9.17, 15) is 4.79 Å². The van der Waals surface area contributed by atoms with Gasteiger partial charge in [0.25, 0.3) is 0 Å². The fraction of sp³-hybridized carbons (Fsp3) is 0.100. The van der Waals surface area contributed by atoms with E-state index in [1.807, 2.05) is 0 Å². The highest BCUT2D eigenvalue weighted by molar-refractivity contribution is 6.37. The molecule has 14 heavy (non-hydrogen) atoms. The first-order chi connectivity index (χ1) is 6.77. The number of hydrogen-bond donors (Lipinski definition) is 0. The van der Waals surface area contributed by atoms with E-state index in [0.29, 0.717) is 33.6 Å². The Balaban J connectivity index is 2.86. The summed E-state index contributed by atoms with van der Waals surface area (Å²) in [4.78, 5) is 10.7. The Morgan fingerprint density at radius 3 is 3.00 bits per heavy atom. The molecule has 0 atom stereocenters. The molecule has 2 aromatic rings. The smallest absolute Gasteiger partial charge is 0.177 e. The van der Waals surface area contributed by atoms with E-state index in [2.05, 4.69) is 0 Å². The molecular formula is C10H7ClO3. The maximum Gasteiger partial charge on any atom is 0.177 e. The van der Waals surface area contributed by atoms with E-state index in [0.717, 1.165) is 0 Å². The number of carbonyl (C=O) groups excluding carboxylic acids is 1. The van der Waals surface area contributed by atoms with E-state index >= 15 is 0 Å². The Morgan fingerprint density at radius 1 is 1.57 bits per heavy atom. The number of hydrogen-bond acceptors (Lipinski definition) is 3. The molecule has 72 valence electrons. The van der Waals surface area contributed by atoms with Crippen molar-refractivity contribution >= 4 is 28.9 Å². The van der Waals surface area contributed by atoms with Gasteiger partial charge in [-0.05, 0) is 12.1 Å². The van der Waals surface area contributed by atoms with Gasteiger partial charge in [-0.15, -0.1) is 0 Å². The highest BCUT2D eigenvalue weighted by Crippen LogP contribution is 2.34. The highest BCUT2D eigenvalue weighted by atomic mass is 35.5. The number of furan rings is 1. The van der Waals surface area contributed by atoms with Crippen molar-refractivity contribution in [2.75, 3.05) is 7.11 Å². The van der Waals surface area contributed by atoms with Crippen LogP contribution in [0.4, 0.5) is 0 Å². The molecule has 0 N–H and O–H groups in total. The molecular weight excluding hydrogens is 204 g/mol. The molecule has 0 radical (unpaired) electrons. The van der Waals surface area contributed by atoms with Gasteiger partial charge in [-0.3, -0.25) is 4.79 Å². The average Bonchev–Trinajstić information content (AvgIpc) is 2.68. The van der Waals surface area contributed by atoms with Crippen molar-refractivity contribution in [1.29, 1.82) is 0 Å². The van der Waals surface area contributed by atoms with Gasteiger partial charge in [0.2, 0.25) is 0 Å². The average molecular weight is 211 g/mol. The number of methoxy groups -OCH3 is 1. The van der Waals surface area contributed by atoms with Gasteiger partial charge >= 0.3 is 0 Å². The molecule has 4 heteroatoms. The lowest BCUT2D eigenvalue weighted by Crippen LogP contribution is -1.88. The second-order valence-corrected chi connectivity index (χ2v) is 3.14. The lowest BCUT2D eigenvalue weighted by molar-refractivity contribution is 0.112. The topological polar surface area (TPSA) is 39.4 Å². The summed E-state index contributed by atoms with van der Waals surface area (Å²) >= 11 is 5.97. The Hall–Kier alpha value is -1.48. The monoisotopic (exact) mass is 210 g/mol. The van der Waals surface area contributed by atoms with E-state index in [1.165, 1.54) is 13.4 Å². The zero-order valence-electron chi connectivity index (χ0n) is 7.41. The second-order valence-electron chi connectivity index (χ2n) is 2.76. The molecule has 1 aromatic heterocycles. The first-order valence-electron chi connectivity index (χ1n) is 3.96. The summed E-state index contributed by atoms with van der Waals surface area (Å²) in [7, 11) is 1.51. The molecule has 0 saturated heterocycles. The molecule has 2 rings (SSSR count). The molecule has 1 aromatic carbocycles. The summed E-state index contributed by atoms with van der Waals surface area (Å²) in [6.07, 6.45) is 2.20. The summed E-state index contributed by atoms with van der Waals surface area (Å²) < 4.78 is 10.3. The van der Waals surface area contributed by atoms with Gasteiger partial charge in [-0.2, -0.15) is 0 Å². The molecule has 0 saturated carbocycles. The Morgan fingerprint density at radius 2 is 2.36 bits per heavy atom. The van der Waals surface area contributed by atoms with Crippen LogP contribution in [0.1, 0.15) is 10.4 Å². The van der Waals surface area contributed by atoms with E-state index < -0.39 is 0 Å². The fourth-order valence-corrected chi connectivity index (χ4v) is 1.58. The molecule has 0 amide bonds. The van der Waals surface area contributed by atoms with Gasteiger partial charge in [-0.25, -0.2) is 0 Å². The largest absolute Gasteiger partial charge is 0.493 e. The molecule has 3 nitrogen and oxygen atoms in total. The Bertz CT molecular complexity index is 487. The highest BCUT2D eigenvalue weighted by Gasteiger charge is 2.12. The van der Waals surface area contributed by atoms with Crippen LogP contribution in [0.25, 0.3) is 11.0 Å². The first-order valence-corrected chi connectivity index (χ1v) is 4.34. The van der Waals surface area contributed by atoms with E-state index in [4.69, 9.17) is 20.8 Å². The normalized spacial score (nSPS) is 10.4. The van der Waals surface area contributed by atoms with Crippen LogP contribution in [-0.4, -0.2) is 13.4 Å². The SMILES string of the molecule is COc1cc(C=O)c(Cl)c2ccoc12. The predicted molar refractivity (Wildman–Crippen MR) is 53.2 cm³/mol. The summed E-state index contributed by atoms with van der Waals surface area (Å²) in [6.45, 7) is 0. The van der Waals surface area contributed by atoms with Crippen LogP contribution in [0, 0.1) is 0 Å². The molecule has 0 aliphatic rings. The van der Waals surface area contributed by atoms with Crippen molar-refractivity contribution in [1.82, 2.24) is 0 Å². The van der Waals surface area contributed by atoms with Crippen LogP contribution in [0.2, 0.25) is 5.02 Å². The van der Waals surface area contributed by atoms with Crippen molar-refractivity contribution in [2.24, 2.45) is 0 Å². The summed E-state index contributed by atoms with van der Waals surface area (Å²) in [5.41, 5.74) is 0.959. The third kappa shape index (κ3) is 1.17. The quantitative estimate of drug-likeness (QED) is 0.716. The number of carbonyl (C=O) groups is 1. The molecule has 0 bridgehead atoms. The Labute approximate surface area is 85.2 Å². The number of rotatable bonds is 2. The maximum absolute atomic E-state index is 10.7. The van der Waals surface area contributed by atoms with Crippen LogP contribution in [0.15, 0.2) is 22.8 Å². The van der Waals surface area contributed by atoms with Crippen molar-refractivity contribution < 1.29 is 13.9 Å². The number of aldehydes is 1. The third-order valence-corrected chi connectivity index (χ3v) is 2.43. The zero-order valence-corrected chi connectivity index (χ0v) is 8.17. The molecule has 0 unspecified atom stereocenters. The third-order valence-electron chi connectivity index (χ3n) is 2.01. The molecule has 0 spiro atoms. The first kappa shape index (κ1) is 9.09.